The molecule has 1 aromatic rings. The number of halogens is 3. The average Bonchev–Trinajstić information content (AvgIpc) is 2.49. The summed E-state index contributed by atoms with van der Waals surface area (Å²) >= 11 is 0. The normalized spacial score (nSPS) is 11.8. The number of ether oxygens (including phenoxy) is 1. The van der Waals surface area contributed by atoms with Gasteiger partial charge in [-0.2, -0.15) is 13.2 Å². The van der Waals surface area contributed by atoms with E-state index in [0.717, 1.165) is 12.1 Å². The van der Waals surface area contributed by atoms with Crippen LogP contribution < -0.4 is 5.32 Å². The van der Waals surface area contributed by atoms with Crippen LogP contribution in [0.15, 0.2) is 24.3 Å². The van der Waals surface area contributed by atoms with Gasteiger partial charge in [0.2, 0.25) is 5.91 Å². The van der Waals surface area contributed by atoms with Crippen molar-refractivity contribution >= 4 is 12.0 Å². The summed E-state index contributed by atoms with van der Waals surface area (Å²) in [5, 5.41) is 2.65. The number of amides is 2. The molecule has 0 aromatic heterocycles. The predicted octanol–water partition coefficient (Wildman–Crippen LogP) is 3.62. The van der Waals surface area contributed by atoms with Crippen LogP contribution in [-0.4, -0.2) is 42.1 Å². The Labute approximate surface area is 151 Å². The quantitative estimate of drug-likeness (QED) is 0.827. The molecule has 1 aromatic carbocycles. The summed E-state index contributed by atoms with van der Waals surface area (Å²) in [6.07, 6.45) is -4.89. The van der Waals surface area contributed by atoms with Gasteiger partial charge in [-0.25, -0.2) is 4.79 Å². The van der Waals surface area contributed by atoms with E-state index in [1.165, 1.54) is 17.0 Å². The molecule has 0 fully saturated rings. The third-order valence-corrected chi connectivity index (χ3v) is 3.38. The van der Waals surface area contributed by atoms with Crippen molar-refractivity contribution in [2.45, 2.75) is 45.9 Å². The Kier molecular flexibility index (Phi) is 7.47. The van der Waals surface area contributed by atoms with Gasteiger partial charge in [0.1, 0.15) is 5.60 Å². The first-order valence-electron chi connectivity index (χ1n) is 8.33. The van der Waals surface area contributed by atoms with Crippen molar-refractivity contribution in [1.29, 1.82) is 0 Å². The summed E-state index contributed by atoms with van der Waals surface area (Å²) in [5.74, 6) is -0.329. The van der Waals surface area contributed by atoms with Crippen molar-refractivity contribution in [3.8, 4) is 0 Å². The summed E-state index contributed by atoms with van der Waals surface area (Å²) in [7, 11) is 0. The minimum absolute atomic E-state index is 0.0311. The second kappa shape index (κ2) is 8.91. The second-order valence-corrected chi connectivity index (χ2v) is 6.78. The number of nitrogens with one attached hydrogen (secondary N) is 1. The van der Waals surface area contributed by atoms with Gasteiger partial charge in [-0.15, -0.1) is 0 Å². The molecular formula is C18H25F3N2O3. The lowest BCUT2D eigenvalue weighted by Crippen LogP contribution is -2.41. The number of hydrogen-bond acceptors (Lipinski definition) is 3. The molecule has 0 saturated carbocycles. The highest BCUT2D eigenvalue weighted by atomic mass is 19.4. The molecule has 1 N–H and O–H groups in total. The maximum atomic E-state index is 12.5. The third kappa shape index (κ3) is 7.76. The van der Waals surface area contributed by atoms with E-state index in [2.05, 4.69) is 5.32 Å². The van der Waals surface area contributed by atoms with E-state index in [9.17, 15) is 22.8 Å². The van der Waals surface area contributed by atoms with E-state index in [0.29, 0.717) is 12.1 Å². The van der Waals surface area contributed by atoms with Crippen LogP contribution >= 0.6 is 0 Å². The molecule has 0 aliphatic carbocycles. The lowest BCUT2D eigenvalue weighted by atomic mass is 10.1. The van der Waals surface area contributed by atoms with E-state index < -0.39 is 23.4 Å². The molecule has 1 rings (SSSR count). The number of hydrogen-bond donors (Lipinski definition) is 1. The number of alkyl halides is 3. The number of rotatable bonds is 6. The number of likely N-dealkylation sites (N-methyl/N-ethyl adjacent to an activating group) is 1. The molecule has 146 valence electrons. The number of carbonyl (C=O) groups is 2. The SMILES string of the molecule is CCN(CCNC(=O)Cc1ccc(C(F)(F)F)cc1)C(=O)OC(C)(C)C. The van der Waals surface area contributed by atoms with Gasteiger partial charge in [-0.05, 0) is 45.4 Å². The van der Waals surface area contributed by atoms with Crippen LogP contribution in [0.3, 0.4) is 0 Å². The smallest absolute Gasteiger partial charge is 0.416 e. The zero-order valence-electron chi connectivity index (χ0n) is 15.4. The van der Waals surface area contributed by atoms with Crippen molar-refractivity contribution in [1.82, 2.24) is 10.2 Å². The van der Waals surface area contributed by atoms with E-state index in [-0.39, 0.29) is 25.4 Å². The third-order valence-electron chi connectivity index (χ3n) is 3.38. The van der Waals surface area contributed by atoms with Gasteiger partial charge >= 0.3 is 12.3 Å². The topological polar surface area (TPSA) is 58.6 Å². The molecule has 8 heteroatoms. The van der Waals surface area contributed by atoms with E-state index in [1.807, 2.05) is 0 Å². The van der Waals surface area contributed by atoms with E-state index >= 15 is 0 Å². The van der Waals surface area contributed by atoms with Crippen LogP contribution in [-0.2, 0) is 22.1 Å². The number of carbonyl (C=O) groups excluding carboxylic acids is 2. The maximum absolute atomic E-state index is 12.5. The van der Waals surface area contributed by atoms with E-state index in [1.54, 1.807) is 27.7 Å². The molecule has 26 heavy (non-hydrogen) atoms. The highest BCUT2D eigenvalue weighted by Gasteiger charge is 2.30. The first-order chi connectivity index (χ1) is 11.9. The fraction of sp³-hybridized carbons (Fsp3) is 0.556. The average molecular weight is 374 g/mol. The molecule has 0 heterocycles. The van der Waals surface area contributed by atoms with Crippen molar-refractivity contribution in [3.63, 3.8) is 0 Å². The van der Waals surface area contributed by atoms with Crippen LogP contribution in [0.1, 0.15) is 38.8 Å². The van der Waals surface area contributed by atoms with Gasteiger partial charge in [0.15, 0.2) is 0 Å². The highest BCUT2D eigenvalue weighted by Crippen LogP contribution is 2.29. The highest BCUT2D eigenvalue weighted by molar-refractivity contribution is 5.78. The summed E-state index contributed by atoms with van der Waals surface area (Å²) in [4.78, 5) is 25.3. The Bertz CT molecular complexity index is 608. The first kappa shape index (κ1) is 21.8. The van der Waals surface area contributed by atoms with Gasteiger partial charge in [-0.3, -0.25) is 4.79 Å². The zero-order chi connectivity index (χ0) is 20.0. The molecule has 0 radical (unpaired) electrons. The minimum atomic E-state index is -4.40. The molecule has 0 aliphatic rings. The van der Waals surface area contributed by atoms with Gasteiger partial charge < -0.3 is 15.0 Å². The molecule has 0 bridgehead atoms. The van der Waals surface area contributed by atoms with Crippen molar-refractivity contribution in [2.24, 2.45) is 0 Å². The standard InChI is InChI=1S/C18H25F3N2O3/c1-5-23(16(25)26-17(2,3)4)11-10-22-15(24)12-13-6-8-14(9-7-13)18(19,20)21/h6-9H,5,10-12H2,1-4H3,(H,22,24). The Balaban J connectivity index is 2.45. The molecule has 0 atom stereocenters. The summed E-state index contributed by atoms with van der Waals surface area (Å²) in [5.41, 5.74) is -0.872. The number of nitrogens with zero attached hydrogens (tertiary/aromatic N) is 1. The summed E-state index contributed by atoms with van der Waals surface area (Å²) in [6.45, 7) is 8.05. The Hall–Kier alpha value is -2.25. The zero-order valence-corrected chi connectivity index (χ0v) is 15.4. The van der Waals surface area contributed by atoms with Crippen LogP contribution in [0.5, 0.6) is 0 Å². The largest absolute Gasteiger partial charge is 0.444 e. The molecule has 0 spiro atoms. The minimum Gasteiger partial charge on any atom is -0.444 e. The van der Waals surface area contributed by atoms with Crippen LogP contribution in [0.2, 0.25) is 0 Å². The monoisotopic (exact) mass is 374 g/mol. The fourth-order valence-corrected chi connectivity index (χ4v) is 2.09. The van der Waals surface area contributed by atoms with Crippen LogP contribution in [0.25, 0.3) is 0 Å². The lowest BCUT2D eigenvalue weighted by molar-refractivity contribution is -0.137. The maximum Gasteiger partial charge on any atom is 0.416 e. The molecule has 2 amide bonds. The molecule has 0 saturated heterocycles. The molecule has 0 aliphatic heterocycles. The van der Waals surface area contributed by atoms with Crippen LogP contribution in [0.4, 0.5) is 18.0 Å². The predicted molar refractivity (Wildman–Crippen MR) is 91.6 cm³/mol. The van der Waals surface area contributed by atoms with E-state index in [4.69, 9.17) is 4.74 Å². The Morgan fingerprint density at radius 1 is 1.12 bits per heavy atom. The van der Waals surface area contributed by atoms with Crippen molar-refractivity contribution in [2.75, 3.05) is 19.6 Å². The molecule has 0 unspecified atom stereocenters. The summed E-state index contributed by atoms with van der Waals surface area (Å²) in [6, 6.07) is 4.46. The van der Waals surface area contributed by atoms with Crippen LogP contribution in [0, 0.1) is 0 Å². The molecule has 5 nitrogen and oxygen atoms in total. The first-order valence-corrected chi connectivity index (χ1v) is 8.33. The van der Waals surface area contributed by atoms with Gasteiger partial charge in [0.25, 0.3) is 0 Å². The Morgan fingerprint density at radius 2 is 1.69 bits per heavy atom. The van der Waals surface area contributed by atoms with Gasteiger partial charge in [-0.1, -0.05) is 12.1 Å². The summed E-state index contributed by atoms with van der Waals surface area (Å²) < 4.78 is 42.8. The van der Waals surface area contributed by atoms with Crippen molar-refractivity contribution < 1.29 is 27.5 Å². The Morgan fingerprint density at radius 3 is 2.15 bits per heavy atom. The molecular weight excluding hydrogens is 349 g/mol. The number of benzene rings is 1. The lowest BCUT2D eigenvalue weighted by Gasteiger charge is -2.26. The fourth-order valence-electron chi connectivity index (χ4n) is 2.09. The van der Waals surface area contributed by atoms with Crippen molar-refractivity contribution in [3.05, 3.63) is 35.4 Å². The van der Waals surface area contributed by atoms with Gasteiger partial charge in [0, 0.05) is 19.6 Å². The van der Waals surface area contributed by atoms with Gasteiger partial charge in [0.05, 0.1) is 12.0 Å². The second-order valence-electron chi connectivity index (χ2n) is 6.78.